The van der Waals surface area contributed by atoms with Gasteiger partial charge in [-0.25, -0.2) is 9.07 Å². The van der Waals surface area contributed by atoms with Gasteiger partial charge in [0.15, 0.2) is 0 Å². The monoisotopic (exact) mass is 469 g/mol. The minimum absolute atomic E-state index is 0.220. The van der Waals surface area contributed by atoms with Crippen LogP contribution in [-0.4, -0.2) is 58.8 Å². The third-order valence-corrected chi connectivity index (χ3v) is 7.62. The molecule has 3 aromatic rings. The van der Waals surface area contributed by atoms with Gasteiger partial charge in [-0.2, -0.15) is 5.10 Å². The summed E-state index contributed by atoms with van der Waals surface area (Å²) >= 11 is 1.82. The number of aromatic nitrogens is 2. The average molecular weight is 470 g/mol. The molecule has 33 heavy (non-hydrogen) atoms. The first-order valence-corrected chi connectivity index (χ1v) is 12.9. The molecule has 0 saturated carbocycles. The Morgan fingerprint density at radius 1 is 1.06 bits per heavy atom. The minimum Gasteiger partial charge on any atom is -0.354 e. The fraction of sp³-hybridized carbons (Fsp3) is 0.500. The topological polar surface area (TPSA) is 27.5 Å². The van der Waals surface area contributed by atoms with Crippen LogP contribution in [0.25, 0.3) is 5.69 Å². The third-order valence-electron chi connectivity index (χ3n) is 6.76. The van der Waals surface area contributed by atoms with Gasteiger partial charge in [-0.3, -0.25) is 4.90 Å². The van der Waals surface area contributed by atoms with E-state index in [9.17, 15) is 4.39 Å². The Labute approximate surface area is 201 Å². The highest BCUT2D eigenvalue weighted by Gasteiger charge is 2.27. The van der Waals surface area contributed by atoms with Gasteiger partial charge in [0.05, 0.1) is 11.4 Å². The zero-order valence-electron chi connectivity index (χ0n) is 20.3. The summed E-state index contributed by atoms with van der Waals surface area (Å²) in [5.74, 6) is 0.952. The minimum atomic E-state index is -0.220. The quantitative estimate of drug-likeness (QED) is 0.431. The highest BCUT2D eigenvalue weighted by molar-refractivity contribution is 7.09. The smallest absolute Gasteiger partial charge is 0.137 e. The van der Waals surface area contributed by atoms with Crippen LogP contribution in [0.15, 0.2) is 41.8 Å². The Kier molecular flexibility index (Phi) is 7.83. The van der Waals surface area contributed by atoms with Gasteiger partial charge in [0.1, 0.15) is 11.6 Å². The van der Waals surface area contributed by atoms with Crippen LogP contribution in [0.5, 0.6) is 0 Å². The van der Waals surface area contributed by atoms with Crippen LogP contribution in [0.3, 0.4) is 0 Å². The van der Waals surface area contributed by atoms with Crippen molar-refractivity contribution in [1.29, 1.82) is 0 Å². The second-order valence-electron chi connectivity index (χ2n) is 9.02. The number of anilines is 1. The van der Waals surface area contributed by atoms with Gasteiger partial charge in [-0.15, -0.1) is 11.3 Å². The van der Waals surface area contributed by atoms with Crippen molar-refractivity contribution in [2.75, 3.05) is 38.1 Å². The Morgan fingerprint density at radius 3 is 2.39 bits per heavy atom. The van der Waals surface area contributed by atoms with Crippen LogP contribution >= 0.6 is 11.3 Å². The van der Waals surface area contributed by atoms with E-state index in [-0.39, 0.29) is 5.82 Å². The van der Waals surface area contributed by atoms with Crippen LogP contribution < -0.4 is 4.90 Å². The maximum atomic E-state index is 13.7. The summed E-state index contributed by atoms with van der Waals surface area (Å²) in [5, 5.41) is 7.23. The van der Waals surface area contributed by atoms with Crippen molar-refractivity contribution in [2.45, 2.75) is 52.7 Å². The molecule has 5 nitrogen and oxygen atoms in total. The lowest BCUT2D eigenvalue weighted by molar-refractivity contribution is 0.187. The van der Waals surface area contributed by atoms with Crippen LogP contribution in [0.4, 0.5) is 10.2 Å². The lowest BCUT2D eigenvalue weighted by atomic mass is 10.1. The predicted octanol–water partition coefficient (Wildman–Crippen LogP) is 5.19. The molecule has 1 aromatic carbocycles. The van der Waals surface area contributed by atoms with E-state index in [0.29, 0.717) is 6.04 Å². The second kappa shape index (κ2) is 10.8. The van der Waals surface area contributed by atoms with Crippen molar-refractivity contribution in [3.8, 4) is 5.69 Å². The van der Waals surface area contributed by atoms with E-state index in [1.165, 1.54) is 28.4 Å². The van der Waals surface area contributed by atoms with Gasteiger partial charge in [-0.1, -0.05) is 19.9 Å². The number of nitrogens with zero attached hydrogens (tertiary/aromatic N) is 5. The summed E-state index contributed by atoms with van der Waals surface area (Å²) in [6, 6.07) is 11.5. The van der Waals surface area contributed by atoms with Gasteiger partial charge >= 0.3 is 0 Å². The zero-order valence-corrected chi connectivity index (χ0v) is 21.1. The molecule has 0 aliphatic carbocycles. The van der Waals surface area contributed by atoms with E-state index >= 15 is 0 Å². The summed E-state index contributed by atoms with van der Waals surface area (Å²) in [6.45, 7) is 12.6. The van der Waals surface area contributed by atoms with Crippen molar-refractivity contribution in [1.82, 2.24) is 19.6 Å². The Balaban J connectivity index is 1.76. The van der Waals surface area contributed by atoms with E-state index in [1.807, 2.05) is 23.5 Å². The molecule has 0 spiro atoms. The number of hydrogen-bond donors (Lipinski definition) is 0. The maximum Gasteiger partial charge on any atom is 0.137 e. The van der Waals surface area contributed by atoms with E-state index < -0.39 is 0 Å². The van der Waals surface area contributed by atoms with E-state index in [2.05, 4.69) is 64.7 Å². The Hall–Kier alpha value is -2.22. The maximum absolute atomic E-state index is 13.7. The number of benzene rings is 1. The van der Waals surface area contributed by atoms with E-state index in [1.54, 1.807) is 0 Å². The molecule has 1 atom stereocenters. The first kappa shape index (κ1) is 23.9. The summed E-state index contributed by atoms with van der Waals surface area (Å²) in [4.78, 5) is 8.82. The number of rotatable bonds is 9. The lowest BCUT2D eigenvalue weighted by Gasteiger charge is -2.36. The number of piperazine rings is 1. The molecule has 0 radical (unpaired) electrons. The first-order chi connectivity index (χ1) is 16.0. The number of halogens is 1. The van der Waals surface area contributed by atoms with Gasteiger partial charge in [0, 0.05) is 55.8 Å². The zero-order chi connectivity index (χ0) is 23.4. The van der Waals surface area contributed by atoms with Crippen molar-refractivity contribution in [3.63, 3.8) is 0 Å². The SMILES string of the molecule is CCc1nn(-c2ccc(F)cc2)c(N2CCN(C)CC2)c1CN(Cc1cccs1)[C@H](C)CC. The normalized spacial score (nSPS) is 16.0. The molecule has 3 heterocycles. The van der Waals surface area contributed by atoms with Crippen LogP contribution in [0.2, 0.25) is 0 Å². The summed E-state index contributed by atoms with van der Waals surface area (Å²) in [5.41, 5.74) is 3.36. The molecule has 1 fully saturated rings. The number of aryl methyl sites for hydroxylation is 1. The van der Waals surface area contributed by atoms with Gasteiger partial charge in [0.2, 0.25) is 0 Å². The Morgan fingerprint density at radius 2 is 1.79 bits per heavy atom. The van der Waals surface area contributed by atoms with Gasteiger partial charge in [-0.05, 0) is 62.5 Å². The average Bonchev–Trinajstić information content (AvgIpc) is 3.47. The first-order valence-electron chi connectivity index (χ1n) is 12.1. The van der Waals surface area contributed by atoms with Crippen LogP contribution in [0, 0.1) is 5.82 Å². The molecular weight excluding hydrogens is 433 g/mol. The van der Waals surface area contributed by atoms with E-state index in [4.69, 9.17) is 5.10 Å². The second-order valence-corrected chi connectivity index (χ2v) is 10.1. The molecule has 1 saturated heterocycles. The van der Waals surface area contributed by atoms with Gasteiger partial charge < -0.3 is 9.80 Å². The fourth-order valence-electron chi connectivity index (χ4n) is 4.47. The van der Waals surface area contributed by atoms with Crippen molar-refractivity contribution < 1.29 is 4.39 Å². The highest BCUT2D eigenvalue weighted by atomic mass is 32.1. The third kappa shape index (κ3) is 5.48. The molecule has 4 rings (SSSR count). The molecular formula is C26H36FN5S. The van der Waals surface area contributed by atoms with Crippen molar-refractivity contribution in [3.05, 3.63) is 63.7 Å². The molecule has 1 aliphatic heterocycles. The highest BCUT2D eigenvalue weighted by Crippen LogP contribution is 2.32. The van der Waals surface area contributed by atoms with Crippen LogP contribution in [-0.2, 0) is 19.5 Å². The summed E-state index contributed by atoms with van der Waals surface area (Å²) in [6.07, 6.45) is 1.97. The number of likely N-dealkylation sites (N-methyl/N-ethyl adjacent to an activating group) is 1. The van der Waals surface area contributed by atoms with E-state index in [0.717, 1.165) is 63.5 Å². The molecule has 1 aliphatic rings. The standard InChI is InChI=1S/C26H36FN5S/c1-5-20(3)31(18-23-8-7-17-33-23)19-24-25(6-2)28-32(22-11-9-21(27)10-12-22)26(24)30-15-13-29(4)14-16-30/h7-12,17,20H,5-6,13-16,18-19H2,1-4H3/t20-/m1/s1. The molecule has 7 heteroatoms. The van der Waals surface area contributed by atoms with Gasteiger partial charge in [0.25, 0.3) is 0 Å². The predicted molar refractivity (Wildman–Crippen MR) is 136 cm³/mol. The molecule has 0 amide bonds. The van der Waals surface area contributed by atoms with Crippen molar-refractivity contribution >= 4 is 17.2 Å². The molecule has 0 N–H and O–H groups in total. The molecule has 178 valence electrons. The number of thiophene rings is 1. The van der Waals surface area contributed by atoms with Crippen molar-refractivity contribution in [2.24, 2.45) is 0 Å². The largest absolute Gasteiger partial charge is 0.354 e. The lowest BCUT2D eigenvalue weighted by Crippen LogP contribution is -2.45. The van der Waals surface area contributed by atoms with Crippen LogP contribution in [0.1, 0.15) is 43.3 Å². The summed E-state index contributed by atoms with van der Waals surface area (Å²) in [7, 11) is 2.18. The molecule has 0 unspecified atom stereocenters. The fourth-order valence-corrected chi connectivity index (χ4v) is 5.20. The molecule has 0 bridgehead atoms. The number of hydrogen-bond acceptors (Lipinski definition) is 5. The Bertz CT molecular complexity index is 1010. The molecule has 2 aromatic heterocycles. The summed E-state index contributed by atoms with van der Waals surface area (Å²) < 4.78 is 15.7.